The highest BCUT2D eigenvalue weighted by atomic mass is 16.3. The van der Waals surface area contributed by atoms with Gasteiger partial charge in [-0.2, -0.15) is 0 Å². The van der Waals surface area contributed by atoms with E-state index in [1.807, 2.05) is 66.7 Å². The van der Waals surface area contributed by atoms with Crippen LogP contribution in [0.15, 0.2) is 72.8 Å². The average Bonchev–Trinajstić information content (AvgIpc) is 2.65. The number of hydrogen-bond acceptors (Lipinski definition) is 3. The molecular weight excluding hydrogens is 312 g/mol. The number of nitrogens with one attached hydrogen (secondary N) is 1. The molecule has 2 aromatic carbocycles. The predicted octanol–water partition coefficient (Wildman–Crippen LogP) is 3.27. The summed E-state index contributed by atoms with van der Waals surface area (Å²) in [5.74, 6) is -0.272. The molecule has 0 fully saturated rings. The standard InChI is InChI=1S/C21H20N2O2/c1-21(25,17-8-3-2-4-9-17)15-22-20(24)14-13-18-12-11-16-7-5-6-10-19(16)23-18/h2-14,25H,15H2,1H3,(H,22,24). The van der Waals surface area contributed by atoms with Crippen LogP contribution < -0.4 is 5.32 Å². The predicted molar refractivity (Wildman–Crippen MR) is 99.8 cm³/mol. The number of hydrogen-bond donors (Lipinski definition) is 2. The number of benzene rings is 2. The van der Waals surface area contributed by atoms with Crippen molar-refractivity contribution in [3.8, 4) is 0 Å². The van der Waals surface area contributed by atoms with Crippen LogP contribution in [0.3, 0.4) is 0 Å². The highest BCUT2D eigenvalue weighted by Gasteiger charge is 2.22. The molecule has 0 saturated carbocycles. The summed E-state index contributed by atoms with van der Waals surface area (Å²) in [6.07, 6.45) is 3.09. The third-order valence-corrected chi connectivity index (χ3v) is 4.03. The van der Waals surface area contributed by atoms with Gasteiger partial charge in [0.15, 0.2) is 0 Å². The Hall–Kier alpha value is -2.98. The third kappa shape index (κ3) is 4.31. The van der Waals surface area contributed by atoms with Gasteiger partial charge in [-0.15, -0.1) is 0 Å². The van der Waals surface area contributed by atoms with E-state index in [9.17, 15) is 9.90 Å². The summed E-state index contributed by atoms with van der Waals surface area (Å²) >= 11 is 0. The molecule has 3 rings (SSSR count). The lowest BCUT2D eigenvalue weighted by Crippen LogP contribution is -2.37. The van der Waals surface area contributed by atoms with Crippen LogP contribution in [-0.2, 0) is 10.4 Å². The van der Waals surface area contributed by atoms with Gasteiger partial charge in [0.1, 0.15) is 5.60 Å². The van der Waals surface area contributed by atoms with Crippen LogP contribution in [0.2, 0.25) is 0 Å². The van der Waals surface area contributed by atoms with Gasteiger partial charge in [0.05, 0.1) is 17.8 Å². The minimum absolute atomic E-state index is 0.130. The van der Waals surface area contributed by atoms with Crippen molar-refractivity contribution < 1.29 is 9.90 Å². The van der Waals surface area contributed by atoms with Crippen LogP contribution in [0.4, 0.5) is 0 Å². The van der Waals surface area contributed by atoms with E-state index >= 15 is 0 Å². The summed E-state index contributed by atoms with van der Waals surface area (Å²) in [6.45, 7) is 1.81. The van der Waals surface area contributed by atoms with Gasteiger partial charge < -0.3 is 10.4 Å². The zero-order chi connectivity index (χ0) is 17.7. The van der Waals surface area contributed by atoms with Crippen molar-refractivity contribution in [3.05, 3.63) is 84.1 Å². The number of rotatable bonds is 5. The van der Waals surface area contributed by atoms with Gasteiger partial charge in [-0.3, -0.25) is 4.79 Å². The van der Waals surface area contributed by atoms with Gasteiger partial charge in [-0.05, 0) is 30.7 Å². The number of carbonyl (C=O) groups is 1. The van der Waals surface area contributed by atoms with Crippen LogP contribution in [0.5, 0.6) is 0 Å². The second-order valence-corrected chi connectivity index (χ2v) is 6.12. The molecular formula is C21H20N2O2. The molecule has 1 aromatic heterocycles. The molecule has 25 heavy (non-hydrogen) atoms. The van der Waals surface area contributed by atoms with E-state index in [1.165, 1.54) is 6.08 Å². The maximum atomic E-state index is 12.0. The minimum Gasteiger partial charge on any atom is -0.384 e. The Kier molecular flexibility index (Phi) is 4.91. The number of amides is 1. The normalized spacial score (nSPS) is 13.7. The quantitative estimate of drug-likeness (QED) is 0.705. The Bertz CT molecular complexity index is 902. The number of aliphatic hydroxyl groups is 1. The molecule has 4 heteroatoms. The lowest BCUT2D eigenvalue weighted by Gasteiger charge is -2.23. The number of carbonyl (C=O) groups excluding carboxylic acids is 1. The molecule has 0 aliphatic rings. The van der Waals surface area contributed by atoms with Crippen molar-refractivity contribution >= 4 is 22.9 Å². The fourth-order valence-electron chi connectivity index (χ4n) is 2.55. The van der Waals surface area contributed by atoms with E-state index in [0.29, 0.717) is 5.69 Å². The third-order valence-electron chi connectivity index (χ3n) is 4.03. The Morgan fingerprint density at radius 2 is 1.80 bits per heavy atom. The molecule has 1 unspecified atom stereocenters. The van der Waals surface area contributed by atoms with Crippen LogP contribution in [0.25, 0.3) is 17.0 Å². The molecule has 0 aliphatic carbocycles. The van der Waals surface area contributed by atoms with Gasteiger partial charge >= 0.3 is 0 Å². The van der Waals surface area contributed by atoms with Crippen LogP contribution in [0, 0.1) is 0 Å². The number of nitrogens with zero attached hydrogens (tertiary/aromatic N) is 1. The first-order chi connectivity index (χ1) is 12.0. The van der Waals surface area contributed by atoms with E-state index in [-0.39, 0.29) is 12.5 Å². The van der Waals surface area contributed by atoms with Gasteiger partial charge in [0, 0.05) is 11.5 Å². The molecule has 2 N–H and O–H groups in total. The van der Waals surface area contributed by atoms with Crippen molar-refractivity contribution in [3.63, 3.8) is 0 Å². The molecule has 126 valence electrons. The average molecular weight is 332 g/mol. The zero-order valence-corrected chi connectivity index (χ0v) is 14.0. The fraction of sp³-hybridized carbons (Fsp3) is 0.143. The second kappa shape index (κ2) is 7.28. The van der Waals surface area contributed by atoms with Crippen molar-refractivity contribution in [1.82, 2.24) is 10.3 Å². The highest BCUT2D eigenvalue weighted by molar-refractivity contribution is 5.92. The molecule has 1 atom stereocenters. The fourth-order valence-corrected chi connectivity index (χ4v) is 2.55. The van der Waals surface area contributed by atoms with Crippen molar-refractivity contribution in [2.45, 2.75) is 12.5 Å². The van der Waals surface area contributed by atoms with Crippen molar-refractivity contribution in [2.75, 3.05) is 6.54 Å². The minimum atomic E-state index is -1.12. The summed E-state index contributed by atoms with van der Waals surface area (Å²) in [5, 5.41) is 14.3. The molecule has 0 spiro atoms. The Morgan fingerprint density at radius 1 is 1.08 bits per heavy atom. The van der Waals surface area contributed by atoms with Crippen LogP contribution >= 0.6 is 0 Å². The number of pyridine rings is 1. The topological polar surface area (TPSA) is 62.2 Å². The summed E-state index contributed by atoms with van der Waals surface area (Å²) in [4.78, 5) is 16.5. The lowest BCUT2D eigenvalue weighted by molar-refractivity contribution is -0.117. The van der Waals surface area contributed by atoms with E-state index in [1.54, 1.807) is 13.0 Å². The molecule has 3 aromatic rings. The first-order valence-corrected chi connectivity index (χ1v) is 8.14. The summed E-state index contributed by atoms with van der Waals surface area (Å²) in [7, 11) is 0. The molecule has 0 bridgehead atoms. The van der Waals surface area contributed by atoms with Gasteiger partial charge in [0.2, 0.25) is 5.91 Å². The first-order valence-electron chi connectivity index (χ1n) is 8.14. The smallest absolute Gasteiger partial charge is 0.244 e. The number of aromatic nitrogens is 1. The highest BCUT2D eigenvalue weighted by Crippen LogP contribution is 2.19. The van der Waals surface area contributed by atoms with Gasteiger partial charge in [-0.1, -0.05) is 54.6 Å². The van der Waals surface area contributed by atoms with E-state index in [0.717, 1.165) is 16.5 Å². The maximum Gasteiger partial charge on any atom is 0.244 e. The van der Waals surface area contributed by atoms with Crippen LogP contribution in [0.1, 0.15) is 18.2 Å². The Morgan fingerprint density at radius 3 is 2.60 bits per heavy atom. The van der Waals surface area contributed by atoms with Gasteiger partial charge in [-0.25, -0.2) is 4.98 Å². The number of para-hydroxylation sites is 1. The van der Waals surface area contributed by atoms with E-state index in [4.69, 9.17) is 0 Å². The monoisotopic (exact) mass is 332 g/mol. The molecule has 0 saturated heterocycles. The maximum absolute atomic E-state index is 12.0. The van der Waals surface area contributed by atoms with E-state index in [2.05, 4.69) is 10.3 Å². The lowest BCUT2D eigenvalue weighted by atomic mass is 9.96. The first kappa shape index (κ1) is 16.9. The Labute approximate surface area is 146 Å². The van der Waals surface area contributed by atoms with E-state index < -0.39 is 5.60 Å². The summed E-state index contributed by atoms with van der Waals surface area (Å²) in [5.41, 5.74) is 1.24. The molecule has 1 heterocycles. The van der Waals surface area contributed by atoms with Crippen molar-refractivity contribution in [2.24, 2.45) is 0 Å². The second-order valence-electron chi connectivity index (χ2n) is 6.12. The number of fused-ring (bicyclic) bond motifs is 1. The molecule has 4 nitrogen and oxygen atoms in total. The molecule has 0 aliphatic heterocycles. The largest absolute Gasteiger partial charge is 0.384 e. The van der Waals surface area contributed by atoms with Crippen LogP contribution in [-0.4, -0.2) is 22.5 Å². The summed E-state index contributed by atoms with van der Waals surface area (Å²) < 4.78 is 0. The summed E-state index contributed by atoms with van der Waals surface area (Å²) in [6, 6.07) is 20.9. The molecule has 0 radical (unpaired) electrons. The van der Waals surface area contributed by atoms with Gasteiger partial charge in [0.25, 0.3) is 0 Å². The Balaban J connectivity index is 1.62. The SMILES string of the molecule is CC(O)(CNC(=O)C=Cc1ccc2ccccc2n1)c1ccccc1. The van der Waals surface area contributed by atoms with Crippen molar-refractivity contribution in [1.29, 1.82) is 0 Å². The zero-order valence-electron chi connectivity index (χ0n) is 14.0. The molecule has 1 amide bonds.